The zero-order valence-corrected chi connectivity index (χ0v) is 13.3. The summed E-state index contributed by atoms with van der Waals surface area (Å²) in [5.74, 6) is 1.72. The molecule has 116 valence electrons. The summed E-state index contributed by atoms with van der Waals surface area (Å²) in [6, 6.07) is 11.0. The van der Waals surface area contributed by atoms with Gasteiger partial charge in [0.1, 0.15) is 0 Å². The highest BCUT2D eigenvalue weighted by Gasteiger charge is 2.26. The van der Waals surface area contributed by atoms with Gasteiger partial charge in [-0.3, -0.25) is 4.90 Å². The fraction of sp³-hybridized carbons (Fsp3) is 0.412. The van der Waals surface area contributed by atoms with Gasteiger partial charge in [-0.2, -0.15) is 0 Å². The molecule has 1 unspecified atom stereocenters. The number of nitrogens with zero attached hydrogens (tertiary/aromatic N) is 1. The number of benzene rings is 1. The van der Waals surface area contributed by atoms with Crippen molar-refractivity contribution in [2.45, 2.75) is 12.5 Å². The molecule has 0 radical (unpaired) electrons. The van der Waals surface area contributed by atoms with Crippen molar-refractivity contribution in [1.29, 1.82) is 0 Å². The average molecular weight is 316 g/mol. The van der Waals surface area contributed by atoms with Gasteiger partial charge in [0, 0.05) is 24.5 Å². The third kappa shape index (κ3) is 2.72. The molecule has 1 fully saturated rings. The molecule has 0 spiro atoms. The second-order valence-corrected chi connectivity index (χ2v) is 6.65. The van der Waals surface area contributed by atoms with Gasteiger partial charge in [0.2, 0.25) is 6.79 Å². The Labute approximate surface area is 134 Å². The Balaban J connectivity index is 1.70. The lowest BCUT2D eigenvalue weighted by molar-refractivity contribution is 0.174. The monoisotopic (exact) mass is 316 g/mol. The van der Waals surface area contributed by atoms with Crippen LogP contribution in [0.15, 0.2) is 35.7 Å². The summed E-state index contributed by atoms with van der Waals surface area (Å²) in [6.45, 7) is 4.67. The van der Waals surface area contributed by atoms with Crippen LogP contribution in [0.2, 0.25) is 0 Å². The predicted molar refractivity (Wildman–Crippen MR) is 87.8 cm³/mol. The lowest BCUT2D eigenvalue weighted by atomic mass is 10.0. The first-order valence-corrected chi connectivity index (χ1v) is 8.67. The van der Waals surface area contributed by atoms with Crippen LogP contribution in [0.4, 0.5) is 0 Å². The van der Waals surface area contributed by atoms with E-state index in [4.69, 9.17) is 9.47 Å². The smallest absolute Gasteiger partial charge is 0.231 e. The number of hydrogen-bond acceptors (Lipinski definition) is 5. The molecule has 0 saturated carbocycles. The van der Waals surface area contributed by atoms with Crippen LogP contribution in [-0.2, 0) is 0 Å². The molecule has 2 aliphatic heterocycles. The zero-order chi connectivity index (χ0) is 14.8. The summed E-state index contributed by atoms with van der Waals surface area (Å²) in [6.07, 6.45) is 1.19. The summed E-state index contributed by atoms with van der Waals surface area (Å²) in [5, 5.41) is 5.65. The van der Waals surface area contributed by atoms with E-state index < -0.39 is 0 Å². The highest BCUT2D eigenvalue weighted by Crippen LogP contribution is 2.38. The highest BCUT2D eigenvalue weighted by atomic mass is 32.1. The quantitative estimate of drug-likeness (QED) is 0.944. The molecular formula is C17H20N2O2S. The summed E-state index contributed by atoms with van der Waals surface area (Å²) >= 11 is 1.83. The van der Waals surface area contributed by atoms with E-state index in [1.807, 2.05) is 17.4 Å². The third-order valence-corrected chi connectivity index (χ3v) is 5.19. The molecule has 1 atom stereocenters. The molecule has 0 aliphatic carbocycles. The molecule has 4 nitrogen and oxygen atoms in total. The highest BCUT2D eigenvalue weighted by molar-refractivity contribution is 7.10. The molecule has 3 heterocycles. The van der Waals surface area contributed by atoms with Gasteiger partial charge >= 0.3 is 0 Å². The van der Waals surface area contributed by atoms with Crippen LogP contribution in [0.1, 0.15) is 22.9 Å². The summed E-state index contributed by atoms with van der Waals surface area (Å²) in [4.78, 5) is 3.96. The SMILES string of the molecule is c1csc(C(c2ccc3c(c2)OCO3)N2CCCNCC2)c1. The first kappa shape index (κ1) is 14.1. The molecular weight excluding hydrogens is 296 g/mol. The van der Waals surface area contributed by atoms with Gasteiger partial charge in [-0.05, 0) is 42.1 Å². The molecule has 5 heteroatoms. The predicted octanol–water partition coefficient (Wildman–Crippen LogP) is 2.86. The first-order valence-electron chi connectivity index (χ1n) is 7.79. The Kier molecular flexibility index (Phi) is 4.01. The Morgan fingerprint density at radius 1 is 1.09 bits per heavy atom. The standard InChI is InChI=1S/C17H20N2O2S/c1-3-16(22-10-1)17(19-8-2-6-18-7-9-19)13-4-5-14-15(11-13)21-12-20-14/h1,3-5,10-11,17-18H,2,6-9,12H2. The van der Waals surface area contributed by atoms with Gasteiger partial charge in [0.25, 0.3) is 0 Å². The van der Waals surface area contributed by atoms with E-state index in [2.05, 4.69) is 39.9 Å². The van der Waals surface area contributed by atoms with E-state index in [1.54, 1.807) is 0 Å². The van der Waals surface area contributed by atoms with Crippen LogP contribution >= 0.6 is 11.3 Å². The number of fused-ring (bicyclic) bond motifs is 1. The van der Waals surface area contributed by atoms with Crippen LogP contribution in [0, 0.1) is 0 Å². The number of ether oxygens (including phenoxy) is 2. The first-order chi connectivity index (χ1) is 10.9. The molecule has 1 N–H and O–H groups in total. The molecule has 0 amide bonds. The molecule has 4 rings (SSSR count). The van der Waals surface area contributed by atoms with E-state index >= 15 is 0 Å². The van der Waals surface area contributed by atoms with E-state index in [9.17, 15) is 0 Å². The molecule has 1 saturated heterocycles. The van der Waals surface area contributed by atoms with Crippen LogP contribution in [0.25, 0.3) is 0 Å². The molecule has 2 aliphatic rings. The largest absolute Gasteiger partial charge is 0.454 e. The maximum absolute atomic E-state index is 5.57. The van der Waals surface area contributed by atoms with E-state index in [-0.39, 0.29) is 0 Å². The van der Waals surface area contributed by atoms with Crippen molar-refractivity contribution in [2.24, 2.45) is 0 Å². The van der Waals surface area contributed by atoms with Crippen LogP contribution < -0.4 is 14.8 Å². The maximum Gasteiger partial charge on any atom is 0.231 e. The normalized spacial score (nSPS) is 19.8. The minimum absolute atomic E-state index is 0.300. The van der Waals surface area contributed by atoms with Crippen molar-refractivity contribution in [3.8, 4) is 11.5 Å². The van der Waals surface area contributed by atoms with Gasteiger partial charge in [-0.15, -0.1) is 11.3 Å². The van der Waals surface area contributed by atoms with Gasteiger partial charge < -0.3 is 14.8 Å². The Bertz CT molecular complexity index is 622. The van der Waals surface area contributed by atoms with Gasteiger partial charge in [0.15, 0.2) is 11.5 Å². The Hall–Kier alpha value is -1.56. The molecule has 1 aromatic carbocycles. The average Bonchev–Trinajstić information content (AvgIpc) is 3.15. The topological polar surface area (TPSA) is 33.7 Å². The molecule has 22 heavy (non-hydrogen) atoms. The van der Waals surface area contributed by atoms with Crippen LogP contribution in [-0.4, -0.2) is 37.9 Å². The fourth-order valence-electron chi connectivity index (χ4n) is 3.21. The fourth-order valence-corrected chi connectivity index (χ4v) is 4.10. The van der Waals surface area contributed by atoms with Crippen molar-refractivity contribution < 1.29 is 9.47 Å². The third-order valence-electron chi connectivity index (χ3n) is 4.26. The Morgan fingerprint density at radius 3 is 2.95 bits per heavy atom. The van der Waals surface area contributed by atoms with Crippen molar-refractivity contribution in [3.05, 3.63) is 46.2 Å². The van der Waals surface area contributed by atoms with E-state index in [1.165, 1.54) is 16.9 Å². The van der Waals surface area contributed by atoms with E-state index in [0.717, 1.165) is 37.7 Å². The van der Waals surface area contributed by atoms with Crippen molar-refractivity contribution in [1.82, 2.24) is 10.2 Å². The summed E-state index contributed by atoms with van der Waals surface area (Å²) < 4.78 is 11.0. The zero-order valence-electron chi connectivity index (χ0n) is 12.5. The maximum atomic E-state index is 5.57. The van der Waals surface area contributed by atoms with Crippen LogP contribution in [0.3, 0.4) is 0 Å². The van der Waals surface area contributed by atoms with Gasteiger partial charge in [-0.1, -0.05) is 12.1 Å². The molecule has 0 bridgehead atoms. The lowest BCUT2D eigenvalue weighted by Crippen LogP contribution is -2.32. The number of rotatable bonds is 3. The van der Waals surface area contributed by atoms with Crippen molar-refractivity contribution in [3.63, 3.8) is 0 Å². The summed E-state index contributed by atoms with van der Waals surface area (Å²) in [7, 11) is 0. The molecule has 2 aromatic rings. The minimum Gasteiger partial charge on any atom is -0.454 e. The van der Waals surface area contributed by atoms with Crippen LogP contribution in [0.5, 0.6) is 11.5 Å². The lowest BCUT2D eigenvalue weighted by Gasteiger charge is -2.30. The van der Waals surface area contributed by atoms with Gasteiger partial charge in [-0.25, -0.2) is 0 Å². The second-order valence-electron chi connectivity index (χ2n) is 5.67. The van der Waals surface area contributed by atoms with Crippen molar-refractivity contribution in [2.75, 3.05) is 33.0 Å². The number of thiophene rings is 1. The number of nitrogens with one attached hydrogen (secondary N) is 1. The van der Waals surface area contributed by atoms with Crippen molar-refractivity contribution >= 4 is 11.3 Å². The molecule has 1 aromatic heterocycles. The number of hydrogen-bond donors (Lipinski definition) is 1. The van der Waals surface area contributed by atoms with E-state index in [0.29, 0.717) is 12.8 Å². The Morgan fingerprint density at radius 2 is 2.05 bits per heavy atom. The second kappa shape index (κ2) is 6.28. The van der Waals surface area contributed by atoms with Gasteiger partial charge in [0.05, 0.1) is 6.04 Å². The minimum atomic E-state index is 0.300. The summed E-state index contributed by atoms with van der Waals surface area (Å²) in [5.41, 5.74) is 1.29.